The molecule has 0 bridgehead atoms. The Kier molecular flexibility index (Phi) is 5.30. The van der Waals surface area contributed by atoms with E-state index in [1.807, 2.05) is 19.1 Å². The van der Waals surface area contributed by atoms with Crippen molar-refractivity contribution >= 4 is 11.6 Å². The molecule has 0 spiro atoms. The molecule has 0 aromatic heterocycles. The summed E-state index contributed by atoms with van der Waals surface area (Å²) in [6, 6.07) is 5.42. The van der Waals surface area contributed by atoms with E-state index in [9.17, 15) is 4.79 Å². The largest absolute Gasteiger partial charge is 0.497 e. The van der Waals surface area contributed by atoms with Gasteiger partial charge in [0.25, 0.3) is 0 Å². The monoisotopic (exact) mass is 252 g/mol. The lowest BCUT2D eigenvalue weighted by atomic mass is 10.2. The van der Waals surface area contributed by atoms with Crippen LogP contribution in [0.3, 0.4) is 0 Å². The number of hydrogen-bond donors (Lipinski definition) is 1. The number of amides is 1. The fourth-order valence-corrected chi connectivity index (χ4v) is 1.43. The van der Waals surface area contributed by atoms with E-state index in [0.717, 1.165) is 11.4 Å². The molecule has 0 heterocycles. The average molecular weight is 252 g/mol. The summed E-state index contributed by atoms with van der Waals surface area (Å²) in [5.74, 6) is 1.41. The zero-order valence-electron chi connectivity index (χ0n) is 11.3. The molecular weight excluding hydrogens is 232 g/mol. The minimum Gasteiger partial charge on any atom is -0.497 e. The molecule has 0 saturated carbocycles. The molecule has 0 unspecified atom stereocenters. The van der Waals surface area contributed by atoms with Gasteiger partial charge in [0.2, 0.25) is 5.91 Å². The van der Waals surface area contributed by atoms with Crippen LogP contribution in [-0.4, -0.2) is 45.2 Å². The maximum Gasteiger partial charge on any atom is 0.241 e. The van der Waals surface area contributed by atoms with E-state index in [-0.39, 0.29) is 12.5 Å². The first-order chi connectivity index (χ1) is 8.62. The summed E-state index contributed by atoms with van der Waals surface area (Å²) < 4.78 is 10.3. The van der Waals surface area contributed by atoms with Crippen molar-refractivity contribution in [2.45, 2.75) is 6.92 Å². The number of carbonyl (C=O) groups is 1. The number of nitrogens with zero attached hydrogens (tertiary/aromatic N) is 1. The Balaban J connectivity index is 2.70. The third-order valence-corrected chi connectivity index (χ3v) is 2.74. The summed E-state index contributed by atoms with van der Waals surface area (Å²) in [7, 11) is 4.96. The molecule has 1 amide bonds. The van der Waals surface area contributed by atoms with Crippen molar-refractivity contribution in [3.05, 3.63) is 18.2 Å². The minimum absolute atomic E-state index is 0.0374. The van der Waals surface area contributed by atoms with Gasteiger partial charge in [-0.2, -0.15) is 0 Å². The highest BCUT2D eigenvalue weighted by Gasteiger charge is 2.09. The van der Waals surface area contributed by atoms with Crippen molar-refractivity contribution in [1.82, 2.24) is 4.90 Å². The number of likely N-dealkylation sites (N-methyl/N-ethyl adjacent to an activating group) is 1. The van der Waals surface area contributed by atoms with Crippen LogP contribution in [0.1, 0.15) is 6.92 Å². The molecule has 0 atom stereocenters. The molecule has 1 rings (SSSR count). The zero-order chi connectivity index (χ0) is 13.5. The number of benzene rings is 1. The molecular formula is C13H20N2O3. The van der Waals surface area contributed by atoms with Gasteiger partial charge in [-0.15, -0.1) is 0 Å². The van der Waals surface area contributed by atoms with E-state index in [0.29, 0.717) is 12.3 Å². The fourth-order valence-electron chi connectivity index (χ4n) is 1.43. The standard InChI is InChI=1S/C13H20N2O3/c1-5-15(2)13(16)9-14-11-7-6-10(17-3)8-12(11)18-4/h6-8,14H,5,9H2,1-4H3. The first kappa shape index (κ1) is 14.2. The molecule has 0 aliphatic heterocycles. The highest BCUT2D eigenvalue weighted by molar-refractivity contribution is 5.81. The summed E-state index contributed by atoms with van der Waals surface area (Å²) >= 11 is 0. The summed E-state index contributed by atoms with van der Waals surface area (Å²) in [5, 5.41) is 3.06. The zero-order valence-corrected chi connectivity index (χ0v) is 11.3. The van der Waals surface area contributed by atoms with Gasteiger partial charge < -0.3 is 19.7 Å². The van der Waals surface area contributed by atoms with Crippen LogP contribution in [0.4, 0.5) is 5.69 Å². The lowest BCUT2D eigenvalue weighted by molar-refractivity contribution is -0.127. The number of hydrogen-bond acceptors (Lipinski definition) is 4. The SMILES string of the molecule is CCN(C)C(=O)CNc1ccc(OC)cc1OC. The van der Waals surface area contributed by atoms with E-state index in [4.69, 9.17) is 9.47 Å². The average Bonchev–Trinajstić information content (AvgIpc) is 2.43. The molecule has 0 fully saturated rings. The Hall–Kier alpha value is -1.91. The Labute approximate surface area is 108 Å². The second-order valence-electron chi connectivity index (χ2n) is 3.83. The smallest absolute Gasteiger partial charge is 0.241 e. The Morgan fingerprint density at radius 3 is 2.61 bits per heavy atom. The van der Waals surface area contributed by atoms with Crippen LogP contribution >= 0.6 is 0 Å². The van der Waals surface area contributed by atoms with Crippen molar-refractivity contribution in [2.75, 3.05) is 39.7 Å². The van der Waals surface area contributed by atoms with Gasteiger partial charge in [0.15, 0.2) is 0 Å². The van der Waals surface area contributed by atoms with Gasteiger partial charge in [-0.25, -0.2) is 0 Å². The summed E-state index contributed by atoms with van der Waals surface area (Å²) in [4.78, 5) is 13.3. The van der Waals surface area contributed by atoms with Crippen LogP contribution in [-0.2, 0) is 4.79 Å². The van der Waals surface area contributed by atoms with Gasteiger partial charge in [0.05, 0.1) is 26.5 Å². The van der Waals surface area contributed by atoms with Crippen LogP contribution < -0.4 is 14.8 Å². The second kappa shape index (κ2) is 6.74. The van der Waals surface area contributed by atoms with Gasteiger partial charge >= 0.3 is 0 Å². The molecule has 100 valence electrons. The quantitative estimate of drug-likeness (QED) is 0.835. The Morgan fingerprint density at radius 2 is 2.06 bits per heavy atom. The molecule has 5 heteroatoms. The minimum atomic E-state index is 0.0374. The molecule has 5 nitrogen and oxygen atoms in total. The maximum atomic E-state index is 11.7. The third kappa shape index (κ3) is 3.55. The van der Waals surface area contributed by atoms with Crippen molar-refractivity contribution < 1.29 is 14.3 Å². The summed E-state index contributed by atoms with van der Waals surface area (Å²) in [6.07, 6.45) is 0. The van der Waals surface area contributed by atoms with Gasteiger partial charge in [-0.1, -0.05) is 0 Å². The summed E-state index contributed by atoms with van der Waals surface area (Å²) in [6.45, 7) is 2.87. The highest BCUT2D eigenvalue weighted by Crippen LogP contribution is 2.28. The van der Waals surface area contributed by atoms with Crippen molar-refractivity contribution in [2.24, 2.45) is 0 Å². The van der Waals surface area contributed by atoms with E-state index >= 15 is 0 Å². The van der Waals surface area contributed by atoms with E-state index in [2.05, 4.69) is 5.32 Å². The number of carbonyl (C=O) groups excluding carboxylic acids is 1. The van der Waals surface area contributed by atoms with E-state index in [1.165, 1.54) is 0 Å². The first-order valence-electron chi connectivity index (χ1n) is 5.82. The number of ether oxygens (including phenoxy) is 2. The normalized spacial score (nSPS) is 9.78. The lowest BCUT2D eigenvalue weighted by Crippen LogP contribution is -2.31. The highest BCUT2D eigenvalue weighted by atomic mass is 16.5. The van der Waals surface area contributed by atoms with Crippen LogP contribution in [0, 0.1) is 0 Å². The second-order valence-corrected chi connectivity index (χ2v) is 3.83. The molecule has 1 aromatic rings. The molecule has 0 aliphatic rings. The lowest BCUT2D eigenvalue weighted by Gasteiger charge is -2.16. The number of anilines is 1. The van der Waals surface area contributed by atoms with Gasteiger partial charge in [-0.3, -0.25) is 4.79 Å². The molecule has 18 heavy (non-hydrogen) atoms. The molecule has 0 radical (unpaired) electrons. The van der Waals surface area contributed by atoms with Crippen LogP contribution in [0.25, 0.3) is 0 Å². The molecule has 0 aliphatic carbocycles. The Bertz CT molecular complexity index is 407. The molecule has 1 aromatic carbocycles. The van der Waals surface area contributed by atoms with E-state index < -0.39 is 0 Å². The third-order valence-electron chi connectivity index (χ3n) is 2.74. The Morgan fingerprint density at radius 1 is 1.33 bits per heavy atom. The number of nitrogens with one attached hydrogen (secondary N) is 1. The van der Waals surface area contributed by atoms with Crippen LogP contribution in [0.2, 0.25) is 0 Å². The van der Waals surface area contributed by atoms with Crippen molar-refractivity contribution in [3.8, 4) is 11.5 Å². The first-order valence-corrected chi connectivity index (χ1v) is 5.82. The van der Waals surface area contributed by atoms with Gasteiger partial charge in [-0.05, 0) is 19.1 Å². The van der Waals surface area contributed by atoms with Gasteiger partial charge in [0.1, 0.15) is 11.5 Å². The van der Waals surface area contributed by atoms with Crippen molar-refractivity contribution in [3.63, 3.8) is 0 Å². The number of rotatable bonds is 6. The van der Waals surface area contributed by atoms with Crippen LogP contribution in [0.15, 0.2) is 18.2 Å². The fraction of sp³-hybridized carbons (Fsp3) is 0.462. The predicted molar refractivity (Wildman–Crippen MR) is 71.3 cm³/mol. The number of methoxy groups -OCH3 is 2. The molecule has 1 N–H and O–H groups in total. The summed E-state index contributed by atoms with van der Waals surface area (Å²) in [5.41, 5.74) is 0.774. The topological polar surface area (TPSA) is 50.8 Å². The van der Waals surface area contributed by atoms with Crippen molar-refractivity contribution in [1.29, 1.82) is 0 Å². The molecule has 0 saturated heterocycles. The van der Waals surface area contributed by atoms with Crippen LogP contribution in [0.5, 0.6) is 11.5 Å². The van der Waals surface area contributed by atoms with Gasteiger partial charge in [0, 0.05) is 19.7 Å². The van der Waals surface area contributed by atoms with E-state index in [1.54, 1.807) is 32.2 Å². The maximum absolute atomic E-state index is 11.7. The predicted octanol–water partition coefficient (Wildman–Crippen LogP) is 1.59.